The Morgan fingerprint density at radius 3 is 2.87 bits per heavy atom. The largest absolute Gasteiger partial charge is 0.332 e. The predicted molar refractivity (Wildman–Crippen MR) is 62.4 cm³/mol. The molecule has 0 saturated heterocycles. The van der Waals surface area contributed by atoms with Gasteiger partial charge in [0.15, 0.2) is 0 Å². The number of nitrogens with zero attached hydrogens (tertiary/aromatic N) is 3. The summed E-state index contributed by atoms with van der Waals surface area (Å²) in [7, 11) is 0. The third-order valence-corrected chi connectivity index (χ3v) is 2.59. The van der Waals surface area contributed by atoms with E-state index in [2.05, 4.69) is 33.1 Å². The second kappa shape index (κ2) is 3.35. The first-order valence-electron chi connectivity index (χ1n) is 5.02. The van der Waals surface area contributed by atoms with E-state index in [9.17, 15) is 0 Å². The molecule has 1 aromatic carbocycles. The van der Waals surface area contributed by atoms with E-state index in [0.29, 0.717) is 0 Å². The van der Waals surface area contributed by atoms with Gasteiger partial charge in [-0.3, -0.25) is 4.99 Å². The van der Waals surface area contributed by atoms with Crippen molar-refractivity contribution in [3.05, 3.63) is 36.4 Å². The molecule has 3 heteroatoms. The van der Waals surface area contributed by atoms with Gasteiger partial charge in [-0.1, -0.05) is 18.2 Å². The van der Waals surface area contributed by atoms with Crippen LogP contribution < -0.4 is 4.90 Å². The molecule has 0 bridgehead atoms. The molecule has 0 unspecified atom stereocenters. The average Bonchev–Trinajstić information content (AvgIpc) is 2.82. The van der Waals surface area contributed by atoms with E-state index < -0.39 is 0 Å². The molecule has 3 rings (SSSR count). The lowest BCUT2D eigenvalue weighted by Gasteiger charge is -2.15. The molecular weight excluding hydrogens is 186 g/mol. The van der Waals surface area contributed by atoms with Crippen LogP contribution in [0.4, 0.5) is 5.82 Å². The average molecular weight is 197 g/mol. The summed E-state index contributed by atoms with van der Waals surface area (Å²) in [4.78, 5) is 10.9. The molecule has 0 amide bonds. The summed E-state index contributed by atoms with van der Waals surface area (Å²) in [5.41, 5.74) is 1.04. The number of para-hydroxylation sites is 1. The predicted octanol–water partition coefficient (Wildman–Crippen LogP) is 2.08. The summed E-state index contributed by atoms with van der Waals surface area (Å²) >= 11 is 0. The topological polar surface area (TPSA) is 28.5 Å². The van der Waals surface area contributed by atoms with E-state index in [0.717, 1.165) is 24.5 Å². The summed E-state index contributed by atoms with van der Waals surface area (Å²) in [6, 6.07) is 12.3. The first-order valence-corrected chi connectivity index (χ1v) is 5.02. The molecule has 0 aliphatic carbocycles. The van der Waals surface area contributed by atoms with Crippen molar-refractivity contribution in [3.8, 4) is 0 Å². The molecule has 15 heavy (non-hydrogen) atoms. The van der Waals surface area contributed by atoms with Crippen molar-refractivity contribution >= 4 is 22.9 Å². The summed E-state index contributed by atoms with van der Waals surface area (Å²) in [6.45, 7) is 1.59. The molecule has 2 heterocycles. The number of hydrogen-bond acceptors (Lipinski definition) is 3. The van der Waals surface area contributed by atoms with E-state index in [1.165, 1.54) is 5.39 Å². The molecule has 0 atom stereocenters. The Hall–Kier alpha value is -1.90. The van der Waals surface area contributed by atoms with Gasteiger partial charge in [0.05, 0.1) is 12.1 Å². The van der Waals surface area contributed by atoms with Gasteiger partial charge < -0.3 is 4.90 Å². The lowest BCUT2D eigenvalue weighted by molar-refractivity contribution is 0.933. The van der Waals surface area contributed by atoms with E-state index in [1.807, 2.05) is 24.4 Å². The Morgan fingerprint density at radius 1 is 1.07 bits per heavy atom. The second-order valence-corrected chi connectivity index (χ2v) is 3.59. The number of anilines is 1. The van der Waals surface area contributed by atoms with Gasteiger partial charge >= 0.3 is 0 Å². The van der Waals surface area contributed by atoms with Crippen molar-refractivity contribution in [2.75, 3.05) is 18.1 Å². The summed E-state index contributed by atoms with van der Waals surface area (Å²) in [6.07, 6.45) is 1.93. The molecule has 0 spiro atoms. The summed E-state index contributed by atoms with van der Waals surface area (Å²) in [5, 5.41) is 1.18. The van der Waals surface area contributed by atoms with Crippen LogP contribution in [0.1, 0.15) is 0 Å². The Morgan fingerprint density at radius 2 is 2.00 bits per heavy atom. The molecule has 3 nitrogen and oxygen atoms in total. The highest BCUT2D eigenvalue weighted by molar-refractivity contribution is 5.81. The van der Waals surface area contributed by atoms with Crippen molar-refractivity contribution in [1.29, 1.82) is 0 Å². The SMILES string of the molecule is C1=NCN(c2ccc3ccccc3n2)C1. The van der Waals surface area contributed by atoms with Crippen molar-refractivity contribution < 1.29 is 0 Å². The second-order valence-electron chi connectivity index (χ2n) is 3.59. The minimum Gasteiger partial charge on any atom is -0.332 e. The van der Waals surface area contributed by atoms with Gasteiger partial charge in [0, 0.05) is 11.6 Å². The maximum Gasteiger partial charge on any atom is 0.131 e. The highest BCUT2D eigenvalue weighted by Crippen LogP contribution is 2.18. The van der Waals surface area contributed by atoms with Gasteiger partial charge in [0.25, 0.3) is 0 Å². The first kappa shape index (κ1) is 8.41. The van der Waals surface area contributed by atoms with Gasteiger partial charge in [-0.15, -0.1) is 0 Å². The van der Waals surface area contributed by atoms with Crippen LogP contribution in [-0.2, 0) is 0 Å². The minimum atomic E-state index is 0.728. The standard InChI is InChI=1S/C12H11N3/c1-2-4-11-10(3-1)5-6-12(14-11)15-8-7-13-9-15/h1-7H,8-9H2. The molecule has 0 radical (unpaired) electrons. The number of rotatable bonds is 1. The quantitative estimate of drug-likeness (QED) is 0.700. The number of benzene rings is 1. The number of aliphatic imine (C=N–C) groups is 1. The number of pyridine rings is 1. The Kier molecular flexibility index (Phi) is 1.88. The van der Waals surface area contributed by atoms with Crippen LogP contribution in [0.3, 0.4) is 0 Å². The zero-order valence-corrected chi connectivity index (χ0v) is 8.30. The van der Waals surface area contributed by atoms with E-state index >= 15 is 0 Å². The van der Waals surface area contributed by atoms with Crippen LogP contribution in [-0.4, -0.2) is 24.4 Å². The first-order chi connectivity index (χ1) is 7.43. The molecule has 74 valence electrons. The van der Waals surface area contributed by atoms with Crippen LogP contribution in [0, 0.1) is 0 Å². The van der Waals surface area contributed by atoms with E-state index in [-0.39, 0.29) is 0 Å². The molecule has 1 aliphatic heterocycles. The lowest BCUT2D eigenvalue weighted by atomic mass is 10.2. The van der Waals surface area contributed by atoms with Crippen LogP contribution in [0.15, 0.2) is 41.4 Å². The Balaban J connectivity index is 2.06. The minimum absolute atomic E-state index is 0.728. The van der Waals surface area contributed by atoms with Gasteiger partial charge in [-0.25, -0.2) is 4.98 Å². The van der Waals surface area contributed by atoms with Crippen molar-refractivity contribution in [1.82, 2.24) is 4.98 Å². The number of hydrogen-bond donors (Lipinski definition) is 0. The molecular formula is C12H11N3. The fourth-order valence-corrected chi connectivity index (χ4v) is 1.77. The highest BCUT2D eigenvalue weighted by atomic mass is 15.3. The number of fused-ring (bicyclic) bond motifs is 1. The maximum atomic E-state index is 4.60. The van der Waals surface area contributed by atoms with E-state index in [4.69, 9.17) is 0 Å². The fraction of sp³-hybridized carbons (Fsp3) is 0.167. The molecule has 1 aromatic heterocycles. The smallest absolute Gasteiger partial charge is 0.131 e. The molecule has 2 aromatic rings. The zero-order chi connectivity index (χ0) is 10.1. The normalized spacial score (nSPS) is 15.1. The monoisotopic (exact) mass is 197 g/mol. The highest BCUT2D eigenvalue weighted by Gasteiger charge is 2.09. The van der Waals surface area contributed by atoms with Crippen LogP contribution in [0.2, 0.25) is 0 Å². The van der Waals surface area contributed by atoms with Crippen LogP contribution in [0.5, 0.6) is 0 Å². The molecule has 0 saturated carbocycles. The Bertz CT molecular complexity index is 511. The molecule has 0 fully saturated rings. The van der Waals surface area contributed by atoms with Gasteiger partial charge in [0.1, 0.15) is 12.5 Å². The third-order valence-electron chi connectivity index (χ3n) is 2.59. The summed E-state index contributed by atoms with van der Waals surface area (Å²) < 4.78 is 0. The van der Waals surface area contributed by atoms with E-state index in [1.54, 1.807) is 0 Å². The molecule has 1 aliphatic rings. The molecule has 0 N–H and O–H groups in total. The fourth-order valence-electron chi connectivity index (χ4n) is 1.77. The van der Waals surface area contributed by atoms with Crippen molar-refractivity contribution in [2.45, 2.75) is 0 Å². The lowest BCUT2D eigenvalue weighted by Crippen LogP contribution is -2.20. The maximum absolute atomic E-state index is 4.60. The van der Waals surface area contributed by atoms with Gasteiger partial charge in [-0.05, 0) is 18.2 Å². The third kappa shape index (κ3) is 1.46. The van der Waals surface area contributed by atoms with Crippen LogP contribution in [0.25, 0.3) is 10.9 Å². The van der Waals surface area contributed by atoms with Crippen molar-refractivity contribution in [2.24, 2.45) is 4.99 Å². The Labute approximate surface area is 88.1 Å². The number of aromatic nitrogens is 1. The zero-order valence-electron chi connectivity index (χ0n) is 8.30. The summed E-state index contributed by atoms with van der Waals surface area (Å²) in [5.74, 6) is 1.01. The van der Waals surface area contributed by atoms with Gasteiger partial charge in [0.2, 0.25) is 0 Å². The van der Waals surface area contributed by atoms with Gasteiger partial charge in [-0.2, -0.15) is 0 Å². The van der Waals surface area contributed by atoms with Crippen molar-refractivity contribution in [3.63, 3.8) is 0 Å². The van der Waals surface area contributed by atoms with Crippen LogP contribution >= 0.6 is 0 Å².